The van der Waals surface area contributed by atoms with Gasteiger partial charge in [0.1, 0.15) is 0 Å². The maximum Gasteiger partial charge on any atom is 1.00 e. The first-order valence-electron chi connectivity index (χ1n) is 14.5. The molecule has 5 heterocycles. The van der Waals surface area contributed by atoms with E-state index in [-0.39, 0.29) is 152 Å². The van der Waals surface area contributed by atoms with Gasteiger partial charge in [0.2, 0.25) is 0 Å². The topological polar surface area (TPSA) is 174 Å². The maximum atomic E-state index is 12.5. The smallest absolute Gasteiger partial charge is 0.657 e. The van der Waals surface area contributed by atoms with Crippen molar-refractivity contribution in [1.29, 1.82) is 0 Å². The van der Waals surface area contributed by atoms with Crippen LogP contribution < -0.4 is 114 Å². The number of aryl methyl sites for hydroxylation is 2. The molecule has 0 spiro atoms. The predicted octanol–water partition coefficient (Wildman–Crippen LogP) is -6.74. The fraction of sp³-hybridized carbons (Fsp3) is 0.324. The molecule has 8 bridgehead atoms. The molecular formula is C34H31CuN4Na3O6-2. The summed E-state index contributed by atoms with van der Waals surface area (Å²) in [6.45, 7) is 13.3. The number of aliphatic carboxylic acids is 2. The van der Waals surface area contributed by atoms with Gasteiger partial charge in [-0.3, -0.25) is 4.98 Å². The Hall–Kier alpha value is -1.47. The average Bonchev–Trinajstić information content (AvgIpc) is 3.63. The number of hydrogen-bond acceptors (Lipinski definition) is 8. The van der Waals surface area contributed by atoms with E-state index >= 15 is 0 Å². The van der Waals surface area contributed by atoms with Crippen molar-refractivity contribution < 1.29 is 135 Å². The second kappa shape index (κ2) is 18.1. The molecule has 48 heavy (non-hydrogen) atoms. The average molecular weight is 724 g/mol. The second-order valence-electron chi connectivity index (χ2n) is 11.3. The molecule has 0 fully saturated rings. The van der Waals surface area contributed by atoms with Crippen LogP contribution in [0.3, 0.4) is 0 Å². The largest absolute Gasteiger partial charge is 1.00 e. The van der Waals surface area contributed by atoms with E-state index in [0.29, 0.717) is 40.1 Å². The minimum absolute atomic E-state index is 0. The Bertz CT molecular complexity index is 1970. The number of carboxylic acids is 3. The maximum absolute atomic E-state index is 12.5. The number of nitrogens with zero attached hydrogens (tertiary/aromatic N) is 4. The van der Waals surface area contributed by atoms with E-state index in [0.717, 1.165) is 22.3 Å². The van der Waals surface area contributed by atoms with Crippen LogP contribution in [0.15, 0.2) is 24.8 Å². The normalized spacial score (nSPS) is 14.9. The van der Waals surface area contributed by atoms with Gasteiger partial charge >= 0.3 is 88.7 Å². The van der Waals surface area contributed by atoms with Gasteiger partial charge in [-0.25, -0.2) is 4.98 Å². The van der Waals surface area contributed by atoms with Gasteiger partial charge in [0.15, 0.2) is 0 Å². The number of rotatable bonds is 8. The Labute approximate surface area is 356 Å². The van der Waals surface area contributed by atoms with Crippen LogP contribution in [0.4, 0.5) is 0 Å². The summed E-state index contributed by atoms with van der Waals surface area (Å²) >= 11 is 0. The van der Waals surface area contributed by atoms with Crippen LogP contribution in [0, 0.1) is 13.8 Å². The SMILES string of the molecule is C=Cc1c(C)c2cc3nc(c(CC(=O)[O-])c4[n-]c(cc5nc(cc1[n-]2)C(C)=C5CC)c(C)c4C(=O)[O-])C(CCC(=O)[O-])C3C.[Cu].[Na+].[Na+].[Na+]. The van der Waals surface area contributed by atoms with Crippen LogP contribution in [0.2, 0.25) is 0 Å². The minimum Gasteiger partial charge on any atom is -0.657 e. The van der Waals surface area contributed by atoms with Crippen LogP contribution in [0.5, 0.6) is 0 Å². The van der Waals surface area contributed by atoms with Crippen molar-refractivity contribution >= 4 is 57.2 Å². The molecule has 0 amide bonds. The molecule has 2 unspecified atom stereocenters. The first kappa shape index (κ1) is 44.6. The summed E-state index contributed by atoms with van der Waals surface area (Å²) in [6, 6.07) is 5.38. The van der Waals surface area contributed by atoms with Gasteiger partial charge in [0.05, 0.1) is 17.4 Å². The monoisotopic (exact) mass is 723 g/mol. The first-order chi connectivity index (χ1) is 20.9. The Morgan fingerprint density at radius 2 is 1.52 bits per heavy atom. The van der Waals surface area contributed by atoms with Gasteiger partial charge < -0.3 is 39.7 Å². The molecule has 5 rings (SSSR count). The fourth-order valence-electron chi connectivity index (χ4n) is 6.34. The summed E-state index contributed by atoms with van der Waals surface area (Å²) in [5, 5.41) is 36.1. The number of aromatic nitrogens is 4. The van der Waals surface area contributed by atoms with Gasteiger partial charge in [-0.1, -0.05) is 55.8 Å². The zero-order valence-corrected chi connectivity index (χ0v) is 35.5. The Morgan fingerprint density at radius 3 is 2.08 bits per heavy atom. The summed E-state index contributed by atoms with van der Waals surface area (Å²) in [6.07, 6.45) is 1.46. The van der Waals surface area contributed by atoms with E-state index in [1.54, 1.807) is 25.1 Å². The predicted molar refractivity (Wildman–Crippen MR) is 160 cm³/mol. The molecule has 1 radical (unpaired) electrons. The van der Waals surface area contributed by atoms with Crippen molar-refractivity contribution in [3.8, 4) is 0 Å². The van der Waals surface area contributed by atoms with Crippen molar-refractivity contribution in [1.82, 2.24) is 19.9 Å². The molecule has 2 aliphatic heterocycles. The molecule has 2 atom stereocenters. The molecule has 0 aromatic carbocycles. The number of aromatic carboxylic acids is 1. The van der Waals surface area contributed by atoms with Crippen molar-refractivity contribution in [3.05, 3.63) is 75.4 Å². The van der Waals surface area contributed by atoms with Crippen LogP contribution in [-0.4, -0.2) is 27.9 Å². The van der Waals surface area contributed by atoms with Crippen molar-refractivity contribution in [2.75, 3.05) is 0 Å². The van der Waals surface area contributed by atoms with Gasteiger partial charge in [0, 0.05) is 58.7 Å². The van der Waals surface area contributed by atoms with Crippen molar-refractivity contribution in [3.63, 3.8) is 0 Å². The third kappa shape index (κ3) is 8.52. The third-order valence-corrected chi connectivity index (χ3v) is 8.76. The number of carbonyl (C=O) groups is 3. The molecule has 2 aliphatic rings. The van der Waals surface area contributed by atoms with Crippen molar-refractivity contribution in [2.45, 2.75) is 72.1 Å². The molecule has 3 aromatic rings. The van der Waals surface area contributed by atoms with Gasteiger partial charge in [-0.15, -0.1) is 22.1 Å². The molecule has 14 heteroatoms. The van der Waals surface area contributed by atoms with E-state index < -0.39 is 30.2 Å². The summed E-state index contributed by atoms with van der Waals surface area (Å²) < 4.78 is 0. The zero-order chi connectivity index (χ0) is 32.0. The molecule has 3 aromatic heterocycles. The number of hydrogen-bond donors (Lipinski definition) is 0. The minimum atomic E-state index is -1.52. The quantitative estimate of drug-likeness (QED) is 0.203. The van der Waals surface area contributed by atoms with Gasteiger partial charge in [-0.05, 0) is 67.9 Å². The van der Waals surface area contributed by atoms with E-state index in [2.05, 4.69) is 11.6 Å². The Balaban J connectivity index is 0.00000288. The summed E-state index contributed by atoms with van der Waals surface area (Å²) in [5.74, 6) is -5.20. The summed E-state index contributed by atoms with van der Waals surface area (Å²) in [7, 11) is 0. The fourth-order valence-corrected chi connectivity index (χ4v) is 6.34. The standard InChI is InChI=1S/C34H36N4O6.Cu.3Na/c1-7-19-15(3)23-12-25-17(5)21(9-10-29(39)40)32(37-25)22(11-30(41)42)33-31(34(43)44)18(6)26(38-33)14-28-20(8-2)16(4)24(36-28)13-27(19)35-23;;;;/h7,12-14,17,21H,1,8-11H2,2-6H3,(H5,35,36,37,38,39,40,41,42,43,44);;;;/q;;3*+1/p-5. The van der Waals surface area contributed by atoms with E-state index in [4.69, 9.17) is 15.0 Å². The van der Waals surface area contributed by atoms with Crippen LogP contribution in [0.25, 0.3) is 39.3 Å². The number of carboxylic acid groups (broad SMARTS) is 3. The Kier molecular flexibility index (Phi) is 16.8. The van der Waals surface area contributed by atoms with Gasteiger partial charge in [-0.2, -0.15) is 0 Å². The van der Waals surface area contributed by atoms with Crippen molar-refractivity contribution in [2.24, 2.45) is 0 Å². The number of allylic oxidation sites excluding steroid dienone is 2. The van der Waals surface area contributed by atoms with E-state index in [9.17, 15) is 29.7 Å². The summed E-state index contributed by atoms with van der Waals surface area (Å²) in [5.41, 5.74) is 7.22. The van der Waals surface area contributed by atoms with Crippen LogP contribution in [-0.2, 0) is 33.1 Å². The summed E-state index contributed by atoms with van der Waals surface area (Å²) in [4.78, 5) is 55.4. The number of fused-ring (bicyclic) bond motifs is 8. The second-order valence-corrected chi connectivity index (χ2v) is 11.3. The molecule has 0 saturated heterocycles. The first-order valence-corrected chi connectivity index (χ1v) is 14.5. The van der Waals surface area contributed by atoms with E-state index in [1.165, 1.54) is 0 Å². The number of carbonyl (C=O) groups excluding carboxylic acids is 3. The van der Waals surface area contributed by atoms with Crippen LogP contribution >= 0.6 is 0 Å². The third-order valence-electron chi connectivity index (χ3n) is 8.76. The molecule has 0 N–H and O–H groups in total. The molecular weight excluding hydrogens is 693 g/mol. The Morgan fingerprint density at radius 1 is 0.896 bits per heavy atom. The van der Waals surface area contributed by atoms with E-state index in [1.807, 2.05) is 33.8 Å². The van der Waals surface area contributed by atoms with Crippen LogP contribution in [0.1, 0.15) is 107 Å². The zero-order valence-electron chi connectivity index (χ0n) is 28.5. The molecule has 10 nitrogen and oxygen atoms in total. The molecule has 0 aliphatic carbocycles. The molecule has 0 saturated carbocycles. The van der Waals surface area contributed by atoms with Gasteiger partial charge in [0.25, 0.3) is 0 Å². The molecule has 239 valence electrons.